The molecule has 37 heavy (non-hydrogen) atoms. The smallest absolute Gasteiger partial charge is 0.340 e. The van der Waals surface area contributed by atoms with Crippen molar-refractivity contribution in [3.63, 3.8) is 0 Å². The van der Waals surface area contributed by atoms with Crippen molar-refractivity contribution in [2.75, 3.05) is 24.5 Å². The molecule has 5 N–H and O–H groups in total. The van der Waals surface area contributed by atoms with Crippen molar-refractivity contribution in [3.05, 3.63) is 41.2 Å². The summed E-state index contributed by atoms with van der Waals surface area (Å²) in [5.74, 6) is -0.956. The number of rotatable bonds is 9. The molecule has 1 unspecified atom stereocenters. The summed E-state index contributed by atoms with van der Waals surface area (Å²) in [7, 11) is -6.10. The highest BCUT2D eigenvalue weighted by Crippen LogP contribution is 2.55. The molecule has 3 heterocycles. The van der Waals surface area contributed by atoms with Crippen molar-refractivity contribution in [2.24, 2.45) is 7.05 Å². The molecule has 3 aromatic rings. The van der Waals surface area contributed by atoms with E-state index in [-0.39, 0.29) is 10.9 Å². The van der Waals surface area contributed by atoms with E-state index >= 15 is 0 Å². The van der Waals surface area contributed by atoms with Gasteiger partial charge in [0.15, 0.2) is 11.7 Å². The predicted octanol–water partition coefficient (Wildman–Crippen LogP) is -0.103. The molecule has 0 amide bonds. The average molecular weight is 580 g/mol. The quantitative estimate of drug-likeness (QED) is 0.128. The molecule has 202 valence electrons. The summed E-state index contributed by atoms with van der Waals surface area (Å²) < 4.78 is 36.1. The van der Waals surface area contributed by atoms with Gasteiger partial charge in [-0.2, -0.15) is 9.67 Å². The molecule has 1 saturated heterocycles. The summed E-state index contributed by atoms with van der Waals surface area (Å²) in [6.45, 7) is -0.237. The Bertz CT molecular complexity index is 1370. The fourth-order valence-electron chi connectivity index (χ4n) is 3.99. The van der Waals surface area contributed by atoms with Crippen molar-refractivity contribution in [3.8, 4) is 0 Å². The molecule has 5 atom stereocenters. The van der Waals surface area contributed by atoms with Gasteiger partial charge in [-0.15, -0.1) is 4.68 Å². The standard InChI is InChI=1S/C19H25ClN6O9P2/c1-24(8-11-6-4-3-5-7-11)16-13-17(22-19(20)21-16)26(23-25(13)2)18-15(28)14(27)12(35-18)9-34-37(32,33)10-36(29,30)31/h3-7,12,14-15,18,27-28H,8-10H2,1-2H3,(H2-,29,30,31,32,33)/p+1/t12-,14-,15-,18-/m1/s1. The Morgan fingerprint density at radius 2 is 1.84 bits per heavy atom. The molecule has 1 aromatic carbocycles. The highest BCUT2D eigenvalue weighted by atomic mass is 35.5. The number of aromatic nitrogens is 5. The molecule has 1 aliphatic rings. The van der Waals surface area contributed by atoms with E-state index in [4.69, 9.17) is 30.6 Å². The molecule has 2 aromatic heterocycles. The Balaban J connectivity index is 1.60. The summed E-state index contributed by atoms with van der Waals surface area (Å²) in [6.07, 6.45) is -5.76. The molecule has 0 aliphatic carbocycles. The predicted molar refractivity (Wildman–Crippen MR) is 129 cm³/mol. The second-order valence-electron chi connectivity index (χ2n) is 8.57. The zero-order valence-corrected chi connectivity index (χ0v) is 22.2. The average Bonchev–Trinajstić information content (AvgIpc) is 3.27. The maximum atomic E-state index is 12.0. The first kappa shape index (κ1) is 28.0. The van der Waals surface area contributed by atoms with Gasteiger partial charge in [-0.25, -0.2) is 0 Å². The monoisotopic (exact) mass is 579 g/mol. The minimum absolute atomic E-state index is 0.101. The molecule has 15 nitrogen and oxygen atoms in total. The first-order chi connectivity index (χ1) is 17.3. The van der Waals surface area contributed by atoms with Gasteiger partial charge in [-0.1, -0.05) is 35.3 Å². The number of aliphatic hydroxyl groups is 2. The van der Waals surface area contributed by atoms with E-state index in [1.54, 1.807) is 7.05 Å². The molecule has 1 fully saturated rings. The van der Waals surface area contributed by atoms with Gasteiger partial charge in [-0.05, 0) is 17.2 Å². The van der Waals surface area contributed by atoms with Gasteiger partial charge < -0.3 is 39.1 Å². The Hall–Kier alpha value is -2.03. The van der Waals surface area contributed by atoms with Gasteiger partial charge in [0.05, 0.1) is 13.7 Å². The van der Waals surface area contributed by atoms with E-state index in [0.717, 1.165) is 5.56 Å². The van der Waals surface area contributed by atoms with Gasteiger partial charge in [-0.3, -0.25) is 9.13 Å². The van der Waals surface area contributed by atoms with Crippen LogP contribution in [0.15, 0.2) is 30.3 Å². The molecular weight excluding hydrogens is 554 g/mol. The third-order valence-corrected chi connectivity index (χ3v) is 9.22. The van der Waals surface area contributed by atoms with E-state index in [9.17, 15) is 24.2 Å². The first-order valence-corrected chi connectivity index (χ1v) is 14.8. The molecule has 0 spiro atoms. The first-order valence-electron chi connectivity index (χ1n) is 10.9. The summed E-state index contributed by atoms with van der Waals surface area (Å²) >= 11 is 6.21. The summed E-state index contributed by atoms with van der Waals surface area (Å²) in [6, 6.07) is 9.64. The van der Waals surface area contributed by atoms with E-state index < -0.39 is 52.2 Å². The number of nitrogens with zero attached hydrogens (tertiary/aromatic N) is 6. The van der Waals surface area contributed by atoms with Crippen LogP contribution in [-0.2, 0) is 32.0 Å². The summed E-state index contributed by atoms with van der Waals surface area (Å²) in [5, 5.41) is 25.4. The van der Waals surface area contributed by atoms with Crippen LogP contribution >= 0.6 is 26.8 Å². The number of aryl methyl sites for hydroxylation is 1. The molecule has 18 heteroatoms. The fraction of sp³-hybridized carbons (Fsp3) is 0.474. The minimum Gasteiger partial charge on any atom is -0.387 e. The largest absolute Gasteiger partial charge is 0.387 e. The molecule has 0 saturated carbocycles. The highest BCUT2D eigenvalue weighted by molar-refractivity contribution is 7.70. The lowest BCUT2D eigenvalue weighted by Gasteiger charge is -2.17. The minimum atomic E-state index is -4.84. The van der Waals surface area contributed by atoms with Crippen LogP contribution in [0.3, 0.4) is 0 Å². The number of halogens is 1. The van der Waals surface area contributed by atoms with Crippen molar-refractivity contribution < 1.29 is 48.0 Å². The zero-order chi connectivity index (χ0) is 27.1. The van der Waals surface area contributed by atoms with Gasteiger partial charge in [0.1, 0.15) is 18.3 Å². The lowest BCUT2D eigenvalue weighted by atomic mass is 10.1. The van der Waals surface area contributed by atoms with Crippen molar-refractivity contribution in [1.29, 1.82) is 0 Å². The van der Waals surface area contributed by atoms with Crippen LogP contribution in [0.2, 0.25) is 5.28 Å². The van der Waals surface area contributed by atoms with Gasteiger partial charge >= 0.3 is 26.1 Å². The second-order valence-corrected chi connectivity index (χ2v) is 12.9. The molecule has 1 aliphatic heterocycles. The normalized spacial score (nSPS) is 23.9. The highest BCUT2D eigenvalue weighted by Gasteiger charge is 2.49. The fourth-order valence-corrected chi connectivity index (χ4v) is 6.72. The number of benzene rings is 1. The van der Waals surface area contributed by atoms with Crippen LogP contribution in [0.5, 0.6) is 0 Å². The van der Waals surface area contributed by atoms with Gasteiger partial charge in [0, 0.05) is 18.8 Å². The summed E-state index contributed by atoms with van der Waals surface area (Å²) in [4.78, 5) is 38.0. The number of fused-ring (bicyclic) bond motifs is 1. The lowest BCUT2D eigenvalue weighted by molar-refractivity contribution is -0.797. The Morgan fingerprint density at radius 1 is 1.16 bits per heavy atom. The van der Waals surface area contributed by atoms with E-state index in [2.05, 4.69) is 15.2 Å². The van der Waals surface area contributed by atoms with Crippen LogP contribution in [0.1, 0.15) is 11.8 Å². The SMILES string of the molecule is CN(Cc1ccccc1)c1nc(Cl)nc2c1n(C)n[n+]2[C@@H]1O[C@H](COP(=O)(O)CP(=O)(O)O)[C@@H](O)[C@H]1O. The number of anilines is 1. The topological polar surface area (TPSA) is 204 Å². The van der Waals surface area contributed by atoms with Crippen LogP contribution in [-0.4, -0.2) is 82.6 Å². The molecular formula is C19H26ClN6O9P2+. The third-order valence-electron chi connectivity index (χ3n) is 5.60. The molecule has 0 bridgehead atoms. The Morgan fingerprint density at radius 3 is 2.49 bits per heavy atom. The molecule has 4 rings (SSSR count). The Kier molecular flexibility index (Phi) is 8.03. The van der Waals surface area contributed by atoms with E-state index in [1.165, 1.54) is 9.36 Å². The lowest BCUT2D eigenvalue weighted by Crippen LogP contribution is -2.49. The third kappa shape index (κ3) is 6.35. The summed E-state index contributed by atoms with van der Waals surface area (Å²) in [5.41, 5.74) is 1.65. The number of hydrogen-bond acceptors (Lipinski definition) is 10. The number of aliphatic hydroxyl groups excluding tert-OH is 2. The van der Waals surface area contributed by atoms with E-state index in [0.29, 0.717) is 17.9 Å². The van der Waals surface area contributed by atoms with E-state index in [1.807, 2.05) is 42.3 Å². The van der Waals surface area contributed by atoms with Gasteiger partial charge in [0.2, 0.25) is 11.7 Å². The van der Waals surface area contributed by atoms with Crippen LogP contribution < -0.4 is 9.58 Å². The van der Waals surface area contributed by atoms with Crippen molar-refractivity contribution in [2.45, 2.75) is 31.1 Å². The Labute approximate surface area is 215 Å². The van der Waals surface area contributed by atoms with Crippen molar-refractivity contribution in [1.82, 2.24) is 19.9 Å². The maximum absolute atomic E-state index is 12.0. The number of hydrogen-bond donors (Lipinski definition) is 5. The van der Waals surface area contributed by atoms with Gasteiger partial charge in [0.25, 0.3) is 0 Å². The van der Waals surface area contributed by atoms with Crippen molar-refractivity contribution >= 4 is 43.8 Å². The zero-order valence-electron chi connectivity index (χ0n) is 19.6. The van der Waals surface area contributed by atoms with Crippen LogP contribution in [0, 0.1) is 0 Å². The van der Waals surface area contributed by atoms with Crippen LogP contribution in [0.4, 0.5) is 5.82 Å². The second kappa shape index (κ2) is 10.6. The maximum Gasteiger partial charge on any atom is 0.340 e. The van der Waals surface area contributed by atoms with Crippen LogP contribution in [0.25, 0.3) is 11.2 Å². The number of ether oxygens (including phenoxy) is 1. The molecule has 0 radical (unpaired) electrons.